The van der Waals surface area contributed by atoms with E-state index in [1.165, 1.54) is 0 Å². The molecule has 0 aliphatic rings. The number of rotatable bonds is 7. The molecule has 2 N–H and O–H groups in total. The van der Waals surface area contributed by atoms with Crippen LogP contribution in [0.25, 0.3) is 0 Å². The molecule has 0 radical (unpaired) electrons. The van der Waals surface area contributed by atoms with Gasteiger partial charge in [0.1, 0.15) is 0 Å². The van der Waals surface area contributed by atoms with Gasteiger partial charge in [-0.25, -0.2) is 13.1 Å². The Morgan fingerprint density at radius 2 is 2.00 bits per heavy atom. The van der Waals surface area contributed by atoms with Crippen LogP contribution in [-0.4, -0.2) is 26.2 Å². The zero-order valence-corrected chi connectivity index (χ0v) is 12.6. The number of aryl methyl sites for hydroxylation is 1. The summed E-state index contributed by atoms with van der Waals surface area (Å²) in [4.78, 5) is 0.253. The zero-order valence-electron chi connectivity index (χ0n) is 11.8. The third-order valence-electron chi connectivity index (χ3n) is 2.87. The van der Waals surface area contributed by atoms with Crippen molar-refractivity contribution >= 4 is 10.0 Å². The van der Waals surface area contributed by atoms with Crippen molar-refractivity contribution in [2.45, 2.75) is 44.6 Å². The number of hydrogen-bond donors (Lipinski definition) is 2. The first-order chi connectivity index (χ1) is 8.85. The Bertz CT molecular complexity index is 497. The average molecular weight is 285 g/mol. The minimum Gasteiger partial charge on any atom is -0.392 e. The molecule has 0 heterocycles. The van der Waals surface area contributed by atoms with E-state index in [2.05, 4.69) is 4.72 Å². The minimum absolute atomic E-state index is 0.0524. The highest BCUT2D eigenvalue weighted by Gasteiger charge is 2.16. The van der Waals surface area contributed by atoms with E-state index in [-0.39, 0.29) is 11.4 Å². The topological polar surface area (TPSA) is 66.4 Å². The van der Waals surface area contributed by atoms with Gasteiger partial charge in [-0.1, -0.05) is 32.9 Å². The molecule has 1 aromatic rings. The van der Waals surface area contributed by atoms with Crippen molar-refractivity contribution in [2.24, 2.45) is 5.92 Å². The van der Waals surface area contributed by atoms with Gasteiger partial charge in [-0.15, -0.1) is 0 Å². The predicted octanol–water partition coefficient (Wildman–Crippen LogP) is 1.93. The van der Waals surface area contributed by atoms with Crippen LogP contribution in [0.4, 0.5) is 0 Å². The molecule has 1 unspecified atom stereocenters. The summed E-state index contributed by atoms with van der Waals surface area (Å²) >= 11 is 0. The van der Waals surface area contributed by atoms with Crippen LogP contribution in [0.3, 0.4) is 0 Å². The number of nitrogens with one attached hydrogen (secondary N) is 1. The predicted molar refractivity (Wildman–Crippen MR) is 76.5 cm³/mol. The zero-order chi connectivity index (χ0) is 14.5. The summed E-state index contributed by atoms with van der Waals surface area (Å²) in [6.07, 6.45) is 0.723. The largest absolute Gasteiger partial charge is 0.392 e. The summed E-state index contributed by atoms with van der Waals surface area (Å²) in [6.45, 7) is 6.01. The lowest BCUT2D eigenvalue weighted by atomic mass is 10.1. The summed E-state index contributed by atoms with van der Waals surface area (Å²) < 4.78 is 26.6. The summed E-state index contributed by atoms with van der Waals surface area (Å²) in [5.74, 6) is 0.336. The van der Waals surface area contributed by atoms with Crippen LogP contribution >= 0.6 is 0 Å². The van der Waals surface area contributed by atoms with Crippen molar-refractivity contribution in [2.75, 3.05) is 6.54 Å². The molecule has 1 aromatic carbocycles. The maximum Gasteiger partial charge on any atom is 0.240 e. The van der Waals surface area contributed by atoms with E-state index in [1.807, 2.05) is 26.8 Å². The van der Waals surface area contributed by atoms with E-state index in [4.69, 9.17) is 0 Å². The van der Waals surface area contributed by atoms with E-state index in [9.17, 15) is 13.5 Å². The normalized spacial score (nSPS) is 13.7. The molecule has 5 heteroatoms. The molecule has 0 fully saturated rings. The average Bonchev–Trinajstić information content (AvgIpc) is 2.36. The molecule has 0 aliphatic carbocycles. The summed E-state index contributed by atoms with van der Waals surface area (Å²) in [6, 6.07) is 6.86. The highest BCUT2D eigenvalue weighted by atomic mass is 32.2. The van der Waals surface area contributed by atoms with E-state index in [0.29, 0.717) is 12.3 Å². The maximum absolute atomic E-state index is 12.1. The van der Waals surface area contributed by atoms with E-state index in [0.717, 1.165) is 12.0 Å². The van der Waals surface area contributed by atoms with Gasteiger partial charge in [0.25, 0.3) is 0 Å². The second-order valence-electron chi connectivity index (χ2n) is 5.14. The monoisotopic (exact) mass is 285 g/mol. The van der Waals surface area contributed by atoms with E-state index in [1.54, 1.807) is 18.2 Å². The van der Waals surface area contributed by atoms with Crippen LogP contribution in [0.5, 0.6) is 0 Å². The minimum atomic E-state index is -3.53. The van der Waals surface area contributed by atoms with Crippen molar-refractivity contribution < 1.29 is 13.5 Å². The lowest BCUT2D eigenvalue weighted by Crippen LogP contribution is -2.32. The van der Waals surface area contributed by atoms with Crippen molar-refractivity contribution in [3.63, 3.8) is 0 Å². The van der Waals surface area contributed by atoms with Crippen LogP contribution in [0, 0.1) is 5.92 Å². The number of hydrogen-bond acceptors (Lipinski definition) is 3. The third kappa shape index (κ3) is 5.30. The molecule has 108 valence electrons. The van der Waals surface area contributed by atoms with Crippen molar-refractivity contribution in [3.8, 4) is 0 Å². The van der Waals surface area contributed by atoms with Gasteiger partial charge in [-0.05, 0) is 36.5 Å². The Labute approximate surface area is 115 Å². The van der Waals surface area contributed by atoms with Gasteiger partial charge in [0.2, 0.25) is 10.0 Å². The maximum atomic E-state index is 12.1. The number of sulfonamides is 1. The molecule has 0 aromatic heterocycles. The van der Waals surface area contributed by atoms with Gasteiger partial charge in [-0.3, -0.25) is 0 Å². The van der Waals surface area contributed by atoms with Gasteiger partial charge in [0.15, 0.2) is 0 Å². The molecule has 0 amide bonds. The first-order valence-electron chi connectivity index (χ1n) is 6.61. The Balaban J connectivity index is 2.70. The smallest absolute Gasteiger partial charge is 0.240 e. The van der Waals surface area contributed by atoms with Gasteiger partial charge in [0.05, 0.1) is 11.0 Å². The van der Waals surface area contributed by atoms with Gasteiger partial charge in [-0.2, -0.15) is 0 Å². The number of aliphatic hydroxyl groups excluding tert-OH is 1. The number of aliphatic hydroxyl groups is 1. The molecular formula is C14H23NO3S. The lowest BCUT2D eigenvalue weighted by molar-refractivity contribution is 0.152. The van der Waals surface area contributed by atoms with Gasteiger partial charge in [0, 0.05) is 6.54 Å². The van der Waals surface area contributed by atoms with E-state index >= 15 is 0 Å². The Morgan fingerprint density at radius 1 is 1.32 bits per heavy atom. The Kier molecular flexibility index (Phi) is 5.97. The Hall–Kier alpha value is -0.910. The molecular weight excluding hydrogens is 262 g/mol. The molecule has 0 spiro atoms. The Morgan fingerprint density at radius 3 is 2.58 bits per heavy atom. The molecule has 1 atom stereocenters. The molecule has 19 heavy (non-hydrogen) atoms. The van der Waals surface area contributed by atoms with Gasteiger partial charge < -0.3 is 5.11 Å². The summed E-state index contributed by atoms with van der Waals surface area (Å²) in [5.41, 5.74) is 0.977. The fourth-order valence-corrected chi connectivity index (χ4v) is 2.99. The second-order valence-corrected chi connectivity index (χ2v) is 6.90. The first kappa shape index (κ1) is 16.1. The summed E-state index contributed by atoms with van der Waals surface area (Å²) in [5, 5.41) is 9.70. The van der Waals surface area contributed by atoms with Gasteiger partial charge >= 0.3 is 0 Å². The molecule has 0 bridgehead atoms. The van der Waals surface area contributed by atoms with Crippen LogP contribution in [0.1, 0.15) is 32.8 Å². The molecule has 1 rings (SSSR count). The van der Waals surface area contributed by atoms with Crippen molar-refractivity contribution in [1.29, 1.82) is 0 Å². The van der Waals surface area contributed by atoms with Crippen LogP contribution in [-0.2, 0) is 16.4 Å². The van der Waals surface area contributed by atoms with Crippen molar-refractivity contribution in [1.82, 2.24) is 4.72 Å². The molecule has 0 saturated carbocycles. The molecule has 4 nitrogen and oxygen atoms in total. The molecule has 0 aliphatic heterocycles. The lowest BCUT2D eigenvalue weighted by Gasteiger charge is -2.14. The fraction of sp³-hybridized carbons (Fsp3) is 0.571. The quantitative estimate of drug-likeness (QED) is 0.804. The highest BCUT2D eigenvalue weighted by Crippen LogP contribution is 2.12. The van der Waals surface area contributed by atoms with Crippen LogP contribution < -0.4 is 4.72 Å². The highest BCUT2D eigenvalue weighted by molar-refractivity contribution is 7.89. The van der Waals surface area contributed by atoms with E-state index < -0.39 is 16.1 Å². The van der Waals surface area contributed by atoms with Crippen LogP contribution in [0.15, 0.2) is 29.2 Å². The fourth-order valence-electron chi connectivity index (χ4n) is 1.85. The van der Waals surface area contributed by atoms with Crippen molar-refractivity contribution in [3.05, 3.63) is 29.8 Å². The summed E-state index contributed by atoms with van der Waals surface area (Å²) in [7, 11) is -3.53. The number of benzene rings is 1. The SMILES string of the molecule is CCc1cccc(S(=O)(=O)NCC(O)CC(C)C)c1. The second kappa shape index (κ2) is 7.03. The standard InChI is InChI=1S/C14H23NO3S/c1-4-12-6-5-7-14(9-12)19(17,18)15-10-13(16)8-11(2)3/h5-7,9,11,13,15-16H,4,8,10H2,1-3H3. The molecule has 0 saturated heterocycles. The van der Waals surface area contributed by atoms with Crippen LogP contribution in [0.2, 0.25) is 0 Å². The first-order valence-corrected chi connectivity index (χ1v) is 8.10. The third-order valence-corrected chi connectivity index (χ3v) is 4.29.